The lowest BCUT2D eigenvalue weighted by Crippen LogP contribution is -2.24. The van der Waals surface area contributed by atoms with Gasteiger partial charge in [-0.1, -0.05) is 0 Å². The van der Waals surface area contributed by atoms with Gasteiger partial charge in [-0.05, 0) is 24.6 Å². The van der Waals surface area contributed by atoms with Crippen molar-refractivity contribution >= 4 is 22.9 Å². The number of fused-ring (bicyclic) bond motifs is 1. The summed E-state index contributed by atoms with van der Waals surface area (Å²) in [7, 11) is 3.80. The van der Waals surface area contributed by atoms with Crippen molar-refractivity contribution in [3.8, 4) is 0 Å². The van der Waals surface area contributed by atoms with Crippen LogP contribution in [0.25, 0.3) is 11.0 Å². The van der Waals surface area contributed by atoms with Crippen molar-refractivity contribution in [1.82, 2.24) is 24.6 Å². The molecule has 136 valence electrons. The topological polar surface area (TPSA) is 88.2 Å². The Morgan fingerprint density at radius 3 is 2.92 bits per heavy atom. The van der Waals surface area contributed by atoms with E-state index < -0.39 is 0 Å². The largest absolute Gasteiger partial charge is 0.391 e. The zero-order valence-corrected chi connectivity index (χ0v) is 14.9. The molecule has 3 heterocycles. The van der Waals surface area contributed by atoms with Crippen molar-refractivity contribution in [2.45, 2.75) is 19.1 Å². The molecule has 1 fully saturated rings. The van der Waals surface area contributed by atoms with Crippen LogP contribution in [0, 0.1) is 0 Å². The Morgan fingerprint density at radius 2 is 2.23 bits per heavy atom. The van der Waals surface area contributed by atoms with E-state index in [-0.39, 0.29) is 12.0 Å². The third-order valence-electron chi connectivity index (χ3n) is 4.78. The number of aliphatic hydroxyl groups is 1. The fourth-order valence-corrected chi connectivity index (χ4v) is 3.38. The van der Waals surface area contributed by atoms with Crippen LogP contribution < -0.4 is 10.2 Å². The van der Waals surface area contributed by atoms with Crippen molar-refractivity contribution in [2.75, 3.05) is 18.0 Å². The molecule has 0 saturated carbocycles. The van der Waals surface area contributed by atoms with Gasteiger partial charge in [0.05, 0.1) is 23.3 Å². The number of anilines is 1. The minimum atomic E-state index is -0.302. The summed E-state index contributed by atoms with van der Waals surface area (Å²) in [5, 5.41) is 16.8. The van der Waals surface area contributed by atoms with Gasteiger partial charge in [-0.25, -0.2) is 4.98 Å². The molecule has 0 bridgehead atoms. The van der Waals surface area contributed by atoms with Crippen LogP contribution in [0.2, 0.25) is 0 Å². The van der Waals surface area contributed by atoms with E-state index in [1.807, 2.05) is 43.1 Å². The van der Waals surface area contributed by atoms with Crippen molar-refractivity contribution in [2.24, 2.45) is 14.1 Å². The SMILES string of the molecule is Cn1cc(CNC(=O)c2ccc3c(c2)nc(N2CC[C@H](O)C2)n3C)cn1. The van der Waals surface area contributed by atoms with Crippen molar-refractivity contribution in [3.05, 3.63) is 41.7 Å². The number of aryl methyl sites for hydroxylation is 2. The number of hydrogen-bond donors (Lipinski definition) is 2. The molecule has 1 aromatic carbocycles. The predicted molar refractivity (Wildman–Crippen MR) is 97.9 cm³/mol. The fourth-order valence-electron chi connectivity index (χ4n) is 3.38. The first kappa shape index (κ1) is 16.6. The Labute approximate surface area is 151 Å². The van der Waals surface area contributed by atoms with Crippen molar-refractivity contribution in [3.63, 3.8) is 0 Å². The van der Waals surface area contributed by atoms with E-state index in [0.29, 0.717) is 18.7 Å². The highest BCUT2D eigenvalue weighted by molar-refractivity contribution is 5.97. The van der Waals surface area contributed by atoms with E-state index in [1.165, 1.54) is 0 Å². The summed E-state index contributed by atoms with van der Waals surface area (Å²) >= 11 is 0. The van der Waals surface area contributed by atoms with E-state index in [2.05, 4.69) is 20.3 Å². The van der Waals surface area contributed by atoms with Crippen LogP contribution in [-0.2, 0) is 20.6 Å². The average molecular weight is 354 g/mol. The second kappa shape index (κ2) is 6.45. The number of nitrogens with one attached hydrogen (secondary N) is 1. The van der Waals surface area contributed by atoms with Gasteiger partial charge >= 0.3 is 0 Å². The molecule has 8 heteroatoms. The second-order valence-corrected chi connectivity index (χ2v) is 6.77. The average Bonchev–Trinajstić information content (AvgIpc) is 3.32. The number of benzene rings is 1. The van der Waals surface area contributed by atoms with Crippen LogP contribution in [0.15, 0.2) is 30.6 Å². The standard InChI is InChI=1S/C18H22N6O2/c1-22-10-12(9-20-22)8-19-17(26)13-3-4-16-15(7-13)21-18(23(16)2)24-6-5-14(25)11-24/h3-4,7,9-10,14,25H,5-6,8,11H2,1-2H3,(H,19,26)/t14-/m0/s1. The summed E-state index contributed by atoms with van der Waals surface area (Å²) in [5.41, 5.74) is 3.27. The van der Waals surface area contributed by atoms with Gasteiger partial charge in [0.1, 0.15) is 0 Å². The number of aromatic nitrogens is 4. The molecule has 26 heavy (non-hydrogen) atoms. The van der Waals surface area contributed by atoms with Crippen LogP contribution in [-0.4, -0.2) is 49.5 Å². The first-order chi connectivity index (χ1) is 12.5. The molecule has 0 aliphatic carbocycles. The second-order valence-electron chi connectivity index (χ2n) is 6.77. The molecule has 0 unspecified atom stereocenters. The highest BCUT2D eigenvalue weighted by atomic mass is 16.3. The van der Waals surface area contributed by atoms with Crippen LogP contribution in [0.5, 0.6) is 0 Å². The maximum atomic E-state index is 12.4. The highest BCUT2D eigenvalue weighted by Gasteiger charge is 2.24. The first-order valence-electron chi connectivity index (χ1n) is 8.66. The maximum absolute atomic E-state index is 12.4. The number of carbonyl (C=O) groups is 1. The molecule has 1 aliphatic rings. The number of β-amino-alcohol motifs (C(OH)–C–C–N with tert-alkyl or cyclic N) is 1. The molecule has 1 saturated heterocycles. The Hall–Kier alpha value is -2.87. The predicted octanol–water partition coefficient (Wildman–Crippen LogP) is 0.808. The maximum Gasteiger partial charge on any atom is 0.251 e. The van der Waals surface area contributed by atoms with Crippen molar-refractivity contribution in [1.29, 1.82) is 0 Å². The summed E-state index contributed by atoms with van der Waals surface area (Å²) in [6.45, 7) is 1.82. The fraction of sp³-hybridized carbons (Fsp3) is 0.389. The van der Waals surface area contributed by atoms with Gasteiger partial charge in [-0.2, -0.15) is 5.10 Å². The summed E-state index contributed by atoms with van der Waals surface area (Å²) < 4.78 is 3.71. The molecule has 8 nitrogen and oxygen atoms in total. The summed E-state index contributed by atoms with van der Waals surface area (Å²) in [6, 6.07) is 5.53. The number of hydrogen-bond acceptors (Lipinski definition) is 5. The van der Waals surface area contributed by atoms with Gasteiger partial charge in [0, 0.05) is 51.1 Å². The van der Waals surface area contributed by atoms with Crippen LogP contribution in [0.4, 0.5) is 5.95 Å². The van der Waals surface area contributed by atoms with E-state index in [0.717, 1.165) is 35.5 Å². The van der Waals surface area contributed by atoms with Crippen LogP contribution in [0.3, 0.4) is 0 Å². The molecular formula is C18H22N6O2. The monoisotopic (exact) mass is 354 g/mol. The quantitative estimate of drug-likeness (QED) is 0.724. The van der Waals surface area contributed by atoms with Crippen molar-refractivity contribution < 1.29 is 9.90 Å². The molecule has 2 aromatic heterocycles. The number of nitrogens with zero attached hydrogens (tertiary/aromatic N) is 5. The first-order valence-corrected chi connectivity index (χ1v) is 8.66. The molecule has 0 spiro atoms. The number of imidazole rings is 1. The summed E-state index contributed by atoms with van der Waals surface area (Å²) in [4.78, 5) is 19.2. The normalized spacial score (nSPS) is 17.2. The Bertz CT molecular complexity index is 960. The number of amides is 1. The lowest BCUT2D eigenvalue weighted by atomic mass is 10.2. The van der Waals surface area contributed by atoms with Crippen LogP contribution in [0.1, 0.15) is 22.3 Å². The molecule has 1 aliphatic heterocycles. The molecule has 0 radical (unpaired) electrons. The van der Waals surface area contributed by atoms with E-state index in [1.54, 1.807) is 10.9 Å². The molecule has 4 rings (SSSR count). The molecule has 1 amide bonds. The number of rotatable bonds is 4. The highest BCUT2D eigenvalue weighted by Crippen LogP contribution is 2.25. The lowest BCUT2D eigenvalue weighted by molar-refractivity contribution is 0.0951. The van der Waals surface area contributed by atoms with E-state index in [4.69, 9.17) is 0 Å². The smallest absolute Gasteiger partial charge is 0.251 e. The van der Waals surface area contributed by atoms with Gasteiger partial charge in [-0.3, -0.25) is 9.48 Å². The molecule has 3 aromatic rings. The summed E-state index contributed by atoms with van der Waals surface area (Å²) in [5.74, 6) is 0.684. The van der Waals surface area contributed by atoms with Gasteiger partial charge in [-0.15, -0.1) is 0 Å². The Kier molecular flexibility index (Phi) is 4.12. The Balaban J connectivity index is 1.54. The van der Waals surface area contributed by atoms with Gasteiger partial charge in [0.25, 0.3) is 5.91 Å². The van der Waals surface area contributed by atoms with E-state index in [9.17, 15) is 9.90 Å². The van der Waals surface area contributed by atoms with Crippen LogP contribution >= 0.6 is 0 Å². The lowest BCUT2D eigenvalue weighted by Gasteiger charge is -2.16. The zero-order chi connectivity index (χ0) is 18.3. The number of carbonyl (C=O) groups excluding carboxylic acids is 1. The Morgan fingerprint density at radius 1 is 1.38 bits per heavy atom. The zero-order valence-electron chi connectivity index (χ0n) is 14.9. The van der Waals surface area contributed by atoms with E-state index >= 15 is 0 Å². The third-order valence-corrected chi connectivity index (χ3v) is 4.78. The van der Waals surface area contributed by atoms with Gasteiger partial charge in [0.15, 0.2) is 0 Å². The minimum Gasteiger partial charge on any atom is -0.391 e. The number of aliphatic hydroxyl groups excluding tert-OH is 1. The minimum absolute atomic E-state index is 0.139. The molecule has 2 N–H and O–H groups in total. The molecular weight excluding hydrogens is 332 g/mol. The van der Waals surface area contributed by atoms with Gasteiger partial charge in [0.2, 0.25) is 5.95 Å². The third kappa shape index (κ3) is 3.03. The van der Waals surface area contributed by atoms with Gasteiger partial charge < -0.3 is 19.9 Å². The summed E-state index contributed by atoms with van der Waals surface area (Å²) in [6.07, 6.45) is 4.06. The molecule has 1 atom stereocenters.